The van der Waals surface area contributed by atoms with Crippen molar-refractivity contribution in [1.82, 2.24) is 5.32 Å². The molecule has 1 fully saturated rings. The van der Waals surface area contributed by atoms with Crippen LogP contribution in [-0.4, -0.2) is 5.91 Å². The minimum atomic E-state index is 0.0406. The lowest BCUT2D eigenvalue weighted by atomic mass is 9.91. The quantitative estimate of drug-likeness (QED) is 0.873. The maximum absolute atomic E-state index is 12.7. The van der Waals surface area contributed by atoms with E-state index in [1.807, 2.05) is 37.3 Å². The average molecular weight is 293 g/mol. The molecular formula is C20H23NO. The summed E-state index contributed by atoms with van der Waals surface area (Å²) in [7, 11) is 0. The third-order valence-corrected chi connectivity index (χ3v) is 4.71. The molecule has 1 amide bonds. The van der Waals surface area contributed by atoms with E-state index in [2.05, 4.69) is 29.6 Å². The molecule has 0 aromatic heterocycles. The predicted octanol–water partition coefficient (Wildman–Crippen LogP) is 4.66. The highest BCUT2D eigenvalue weighted by atomic mass is 16.1. The first-order valence-electron chi connectivity index (χ1n) is 8.17. The van der Waals surface area contributed by atoms with Gasteiger partial charge in [0.15, 0.2) is 0 Å². The number of aryl methyl sites for hydroxylation is 1. The van der Waals surface area contributed by atoms with Gasteiger partial charge in [-0.2, -0.15) is 0 Å². The molecule has 114 valence electrons. The first-order valence-corrected chi connectivity index (χ1v) is 8.17. The molecule has 0 spiro atoms. The molecule has 0 saturated heterocycles. The van der Waals surface area contributed by atoms with Crippen LogP contribution in [0.5, 0.6) is 0 Å². The zero-order valence-electron chi connectivity index (χ0n) is 13.1. The molecule has 1 aliphatic rings. The Hall–Kier alpha value is -2.09. The maximum Gasteiger partial charge on any atom is 0.252 e. The summed E-state index contributed by atoms with van der Waals surface area (Å²) in [6, 6.07) is 18.3. The van der Waals surface area contributed by atoms with Crippen molar-refractivity contribution >= 4 is 5.91 Å². The van der Waals surface area contributed by atoms with Gasteiger partial charge in [0.2, 0.25) is 0 Å². The van der Waals surface area contributed by atoms with E-state index in [1.54, 1.807) is 0 Å². The third-order valence-electron chi connectivity index (χ3n) is 4.71. The molecular weight excluding hydrogens is 270 g/mol. The van der Waals surface area contributed by atoms with Gasteiger partial charge < -0.3 is 5.32 Å². The second kappa shape index (κ2) is 6.78. The van der Waals surface area contributed by atoms with Gasteiger partial charge in [0.05, 0.1) is 6.04 Å². The van der Waals surface area contributed by atoms with Gasteiger partial charge in [0, 0.05) is 5.56 Å². The van der Waals surface area contributed by atoms with Crippen LogP contribution in [0.25, 0.3) is 0 Å². The maximum atomic E-state index is 12.7. The Morgan fingerprint density at radius 2 is 1.64 bits per heavy atom. The summed E-state index contributed by atoms with van der Waals surface area (Å²) in [6.07, 6.45) is 4.95. The first kappa shape index (κ1) is 14.8. The number of hydrogen-bond acceptors (Lipinski definition) is 1. The molecule has 0 heterocycles. The van der Waals surface area contributed by atoms with Crippen LogP contribution in [-0.2, 0) is 0 Å². The van der Waals surface area contributed by atoms with Crippen molar-refractivity contribution in [3.8, 4) is 0 Å². The number of nitrogens with one attached hydrogen (secondary N) is 1. The minimum absolute atomic E-state index is 0.0406. The van der Waals surface area contributed by atoms with Gasteiger partial charge in [-0.05, 0) is 42.9 Å². The van der Waals surface area contributed by atoms with Crippen molar-refractivity contribution in [2.45, 2.75) is 38.6 Å². The van der Waals surface area contributed by atoms with Gasteiger partial charge in [-0.25, -0.2) is 0 Å². The van der Waals surface area contributed by atoms with Gasteiger partial charge in [0.1, 0.15) is 0 Å². The van der Waals surface area contributed by atoms with E-state index in [4.69, 9.17) is 0 Å². The van der Waals surface area contributed by atoms with Crippen molar-refractivity contribution in [2.75, 3.05) is 0 Å². The molecule has 22 heavy (non-hydrogen) atoms. The standard InChI is InChI=1S/C20H23NO/c1-15-9-5-8-14-18(15)20(22)21-19(17-12-6-7-13-17)16-10-3-2-4-11-16/h2-5,8-11,14,17,19H,6-7,12-13H2,1H3,(H,21,22)/t19-/m1/s1. The second-order valence-electron chi connectivity index (χ2n) is 6.22. The molecule has 2 aromatic carbocycles. The fourth-order valence-corrected chi connectivity index (χ4v) is 3.47. The average Bonchev–Trinajstić information content (AvgIpc) is 3.08. The van der Waals surface area contributed by atoms with Crippen molar-refractivity contribution in [2.24, 2.45) is 5.92 Å². The van der Waals surface area contributed by atoms with Crippen LogP contribution in [0.1, 0.15) is 53.2 Å². The summed E-state index contributed by atoms with van der Waals surface area (Å²) in [5.41, 5.74) is 3.02. The molecule has 0 radical (unpaired) electrons. The number of carbonyl (C=O) groups is 1. The Morgan fingerprint density at radius 3 is 2.32 bits per heavy atom. The van der Waals surface area contributed by atoms with Crippen molar-refractivity contribution in [3.63, 3.8) is 0 Å². The van der Waals surface area contributed by atoms with E-state index in [-0.39, 0.29) is 11.9 Å². The van der Waals surface area contributed by atoms with Crippen LogP contribution >= 0.6 is 0 Å². The van der Waals surface area contributed by atoms with E-state index in [1.165, 1.54) is 31.2 Å². The fraction of sp³-hybridized carbons (Fsp3) is 0.350. The number of amides is 1. The molecule has 2 heteroatoms. The summed E-state index contributed by atoms with van der Waals surface area (Å²) in [5.74, 6) is 0.592. The van der Waals surface area contributed by atoms with E-state index in [0.717, 1.165) is 11.1 Å². The Labute approximate surface area is 132 Å². The Balaban J connectivity index is 1.84. The number of hydrogen-bond donors (Lipinski definition) is 1. The van der Waals surface area contributed by atoms with Crippen molar-refractivity contribution in [3.05, 3.63) is 71.3 Å². The zero-order chi connectivity index (χ0) is 15.4. The molecule has 0 bridgehead atoms. The molecule has 1 atom stereocenters. The van der Waals surface area contributed by atoms with Crippen LogP contribution in [0.3, 0.4) is 0 Å². The molecule has 3 rings (SSSR count). The molecule has 1 N–H and O–H groups in total. The van der Waals surface area contributed by atoms with E-state index >= 15 is 0 Å². The monoisotopic (exact) mass is 293 g/mol. The first-order chi connectivity index (χ1) is 10.8. The normalized spacial score (nSPS) is 16.4. The summed E-state index contributed by atoms with van der Waals surface area (Å²) >= 11 is 0. The lowest BCUT2D eigenvalue weighted by Gasteiger charge is -2.25. The second-order valence-corrected chi connectivity index (χ2v) is 6.22. The van der Waals surface area contributed by atoms with E-state index in [9.17, 15) is 4.79 Å². The lowest BCUT2D eigenvalue weighted by molar-refractivity contribution is 0.0921. The molecule has 1 aliphatic carbocycles. The van der Waals surface area contributed by atoms with Crippen LogP contribution in [0, 0.1) is 12.8 Å². The Bertz CT molecular complexity index is 629. The van der Waals surface area contributed by atoms with Crippen molar-refractivity contribution < 1.29 is 4.79 Å². The molecule has 1 saturated carbocycles. The SMILES string of the molecule is Cc1ccccc1C(=O)N[C@H](c1ccccc1)C1CCCC1. The summed E-state index contributed by atoms with van der Waals surface area (Å²) < 4.78 is 0. The number of rotatable bonds is 4. The molecule has 2 nitrogen and oxygen atoms in total. The van der Waals surface area contributed by atoms with Crippen LogP contribution in [0.4, 0.5) is 0 Å². The van der Waals surface area contributed by atoms with Gasteiger partial charge in [-0.1, -0.05) is 61.4 Å². The summed E-state index contributed by atoms with van der Waals surface area (Å²) in [6.45, 7) is 1.99. The fourth-order valence-electron chi connectivity index (χ4n) is 3.47. The van der Waals surface area contributed by atoms with Gasteiger partial charge >= 0.3 is 0 Å². The Morgan fingerprint density at radius 1 is 1.00 bits per heavy atom. The Kier molecular flexibility index (Phi) is 4.57. The van der Waals surface area contributed by atoms with Gasteiger partial charge in [-0.15, -0.1) is 0 Å². The van der Waals surface area contributed by atoms with Gasteiger partial charge in [-0.3, -0.25) is 4.79 Å². The zero-order valence-corrected chi connectivity index (χ0v) is 13.1. The number of carbonyl (C=O) groups excluding carboxylic acids is 1. The molecule has 2 aromatic rings. The molecule has 0 aliphatic heterocycles. The minimum Gasteiger partial charge on any atom is -0.345 e. The van der Waals surface area contributed by atoms with Crippen LogP contribution in [0.15, 0.2) is 54.6 Å². The molecule has 0 unspecified atom stereocenters. The number of benzene rings is 2. The highest BCUT2D eigenvalue weighted by molar-refractivity contribution is 5.95. The highest BCUT2D eigenvalue weighted by Gasteiger charge is 2.28. The topological polar surface area (TPSA) is 29.1 Å². The smallest absolute Gasteiger partial charge is 0.252 e. The lowest BCUT2D eigenvalue weighted by Crippen LogP contribution is -2.33. The van der Waals surface area contributed by atoms with E-state index < -0.39 is 0 Å². The highest BCUT2D eigenvalue weighted by Crippen LogP contribution is 2.35. The third kappa shape index (κ3) is 3.22. The van der Waals surface area contributed by atoms with Gasteiger partial charge in [0.25, 0.3) is 5.91 Å². The van der Waals surface area contributed by atoms with E-state index in [0.29, 0.717) is 5.92 Å². The summed E-state index contributed by atoms with van der Waals surface area (Å²) in [5, 5.41) is 3.29. The van der Waals surface area contributed by atoms with Crippen molar-refractivity contribution in [1.29, 1.82) is 0 Å². The largest absolute Gasteiger partial charge is 0.345 e. The predicted molar refractivity (Wildman–Crippen MR) is 89.8 cm³/mol. The van der Waals surface area contributed by atoms with Crippen LogP contribution in [0.2, 0.25) is 0 Å². The summed E-state index contributed by atoms with van der Waals surface area (Å²) in [4.78, 5) is 12.7. The van der Waals surface area contributed by atoms with Crippen LogP contribution < -0.4 is 5.32 Å².